The molecule has 0 unspecified atom stereocenters. The highest BCUT2D eigenvalue weighted by molar-refractivity contribution is 7.71. The number of alkyl halides is 3. The molecule has 0 aliphatic rings. The molecular weight excluding hydrogens is 492 g/mol. The van der Waals surface area contributed by atoms with Gasteiger partial charge in [-0.25, -0.2) is 4.99 Å². The first-order valence-electron chi connectivity index (χ1n) is 11.7. The number of Topliss-reactive ketones (excluding diaryl/α,β-unsaturated/α-hetero) is 1. The summed E-state index contributed by atoms with van der Waals surface area (Å²) in [7, 11) is -1.24. The van der Waals surface area contributed by atoms with Crippen LogP contribution < -0.4 is 15.7 Å². The third-order valence-electron chi connectivity index (χ3n) is 5.82. The molecule has 188 valence electrons. The molecule has 0 spiro atoms. The molecule has 0 saturated carbocycles. The molecule has 7 heteroatoms. The SMILES string of the molecule is Cc1ccc(C(=O)/C(=N\c2c(C)cc(C(F)(F)F)cc2C)NP(c2ccccc2)c2ccccc2)cc1. The van der Waals surface area contributed by atoms with Crippen molar-refractivity contribution < 1.29 is 18.0 Å². The van der Waals surface area contributed by atoms with Gasteiger partial charge in [0.15, 0.2) is 5.84 Å². The van der Waals surface area contributed by atoms with Crippen LogP contribution in [0.15, 0.2) is 102 Å². The zero-order valence-corrected chi connectivity index (χ0v) is 21.6. The Balaban J connectivity index is 1.86. The Hall–Kier alpha value is -3.76. The fourth-order valence-electron chi connectivity index (χ4n) is 3.91. The molecule has 0 aliphatic heterocycles. The van der Waals surface area contributed by atoms with E-state index in [-0.39, 0.29) is 11.6 Å². The average molecular weight is 519 g/mol. The maximum atomic E-state index is 13.7. The van der Waals surface area contributed by atoms with Crippen molar-refractivity contribution in [2.24, 2.45) is 4.99 Å². The number of halogens is 3. The van der Waals surface area contributed by atoms with Crippen molar-refractivity contribution in [1.29, 1.82) is 0 Å². The van der Waals surface area contributed by atoms with Crippen LogP contribution in [0.2, 0.25) is 0 Å². The summed E-state index contributed by atoms with van der Waals surface area (Å²) in [5.41, 5.74) is 1.73. The van der Waals surface area contributed by atoms with Crippen molar-refractivity contribution in [2.45, 2.75) is 26.9 Å². The highest BCUT2D eigenvalue weighted by Crippen LogP contribution is 2.36. The zero-order valence-electron chi connectivity index (χ0n) is 20.7. The number of ketones is 1. The standard InChI is InChI=1S/C30H26F3N2OP/c1-20-14-16-23(17-15-20)28(36)29(34-27-21(2)18-24(19-22(27)3)30(31,32)33)35-37(25-10-6-4-7-11-25)26-12-8-5-9-13-26/h4-19H,1-3H3,(H,34,35). The lowest BCUT2D eigenvalue weighted by molar-refractivity contribution is -0.137. The van der Waals surface area contributed by atoms with E-state index in [1.165, 1.54) is 0 Å². The number of nitrogens with zero attached hydrogens (tertiary/aromatic N) is 1. The molecule has 4 aromatic carbocycles. The van der Waals surface area contributed by atoms with Gasteiger partial charge in [-0.1, -0.05) is 90.5 Å². The number of hydrogen-bond acceptors (Lipinski definition) is 2. The van der Waals surface area contributed by atoms with E-state index < -0.39 is 19.8 Å². The van der Waals surface area contributed by atoms with Gasteiger partial charge in [0.1, 0.15) is 0 Å². The lowest BCUT2D eigenvalue weighted by Crippen LogP contribution is -2.33. The van der Waals surface area contributed by atoms with Crippen LogP contribution in [0.3, 0.4) is 0 Å². The minimum Gasteiger partial charge on any atom is -0.338 e. The number of aliphatic imine (C=N–C) groups is 1. The van der Waals surface area contributed by atoms with E-state index in [9.17, 15) is 18.0 Å². The van der Waals surface area contributed by atoms with Crippen molar-refractivity contribution in [1.82, 2.24) is 5.09 Å². The molecule has 3 nitrogen and oxygen atoms in total. The molecule has 1 N–H and O–H groups in total. The van der Waals surface area contributed by atoms with Crippen molar-refractivity contribution >= 4 is 36.0 Å². The second-order valence-corrected chi connectivity index (χ2v) is 10.7. The Morgan fingerprint density at radius 1 is 0.757 bits per heavy atom. The monoisotopic (exact) mass is 518 g/mol. The molecule has 0 atom stereocenters. The van der Waals surface area contributed by atoms with Gasteiger partial charge in [-0.3, -0.25) is 4.79 Å². The van der Waals surface area contributed by atoms with Crippen LogP contribution >= 0.6 is 8.07 Å². The minimum absolute atomic E-state index is 0.0774. The Bertz CT molecular complexity index is 1350. The third kappa shape index (κ3) is 6.33. The number of hydrogen-bond donors (Lipinski definition) is 1. The van der Waals surface area contributed by atoms with Crippen LogP contribution in [0.25, 0.3) is 0 Å². The summed E-state index contributed by atoms with van der Waals surface area (Å²) >= 11 is 0. The predicted molar refractivity (Wildman–Crippen MR) is 146 cm³/mol. The summed E-state index contributed by atoms with van der Waals surface area (Å²) in [6.07, 6.45) is -4.47. The second kappa shape index (κ2) is 11.1. The van der Waals surface area contributed by atoms with Crippen molar-refractivity contribution in [3.8, 4) is 0 Å². The second-order valence-electron chi connectivity index (χ2n) is 8.73. The van der Waals surface area contributed by atoms with Gasteiger partial charge in [-0.15, -0.1) is 0 Å². The predicted octanol–water partition coefficient (Wildman–Crippen LogP) is 7.18. The van der Waals surface area contributed by atoms with Crippen LogP contribution in [-0.4, -0.2) is 11.6 Å². The van der Waals surface area contributed by atoms with E-state index in [0.29, 0.717) is 22.4 Å². The molecule has 0 heterocycles. The van der Waals surface area contributed by atoms with Gasteiger partial charge < -0.3 is 5.09 Å². The largest absolute Gasteiger partial charge is 0.416 e. The van der Waals surface area contributed by atoms with Gasteiger partial charge in [0.05, 0.1) is 19.3 Å². The number of amidine groups is 1. The van der Waals surface area contributed by atoms with Crippen LogP contribution in [0.1, 0.15) is 32.6 Å². The Morgan fingerprint density at radius 2 is 1.24 bits per heavy atom. The molecular formula is C30H26F3N2OP. The van der Waals surface area contributed by atoms with E-state index in [1.54, 1.807) is 26.0 Å². The third-order valence-corrected chi connectivity index (χ3v) is 7.88. The maximum Gasteiger partial charge on any atom is 0.416 e. The molecule has 37 heavy (non-hydrogen) atoms. The smallest absolute Gasteiger partial charge is 0.338 e. The van der Waals surface area contributed by atoms with E-state index in [4.69, 9.17) is 0 Å². The van der Waals surface area contributed by atoms with Gasteiger partial charge in [0, 0.05) is 16.2 Å². The first kappa shape index (κ1) is 26.3. The van der Waals surface area contributed by atoms with E-state index >= 15 is 0 Å². The summed E-state index contributed by atoms with van der Waals surface area (Å²) in [5, 5.41) is 5.35. The zero-order chi connectivity index (χ0) is 26.6. The lowest BCUT2D eigenvalue weighted by Gasteiger charge is -2.22. The van der Waals surface area contributed by atoms with Crippen LogP contribution in [0.4, 0.5) is 18.9 Å². The Labute approximate surface area is 215 Å². The Kier molecular flexibility index (Phi) is 7.89. The fraction of sp³-hybridized carbons (Fsp3) is 0.133. The van der Waals surface area contributed by atoms with E-state index in [0.717, 1.165) is 28.3 Å². The van der Waals surface area contributed by atoms with Gasteiger partial charge in [-0.05, 0) is 44.0 Å². The van der Waals surface area contributed by atoms with Crippen molar-refractivity contribution in [3.05, 3.63) is 125 Å². The van der Waals surface area contributed by atoms with Crippen LogP contribution in [-0.2, 0) is 6.18 Å². The number of rotatable bonds is 6. The van der Waals surface area contributed by atoms with E-state index in [1.807, 2.05) is 79.7 Å². The normalized spacial score (nSPS) is 12.0. The molecule has 0 saturated heterocycles. The summed E-state index contributed by atoms with van der Waals surface area (Å²) in [4.78, 5) is 18.4. The summed E-state index contributed by atoms with van der Waals surface area (Å²) in [6, 6.07) is 28.8. The number of nitrogens with one attached hydrogen (secondary N) is 1. The van der Waals surface area contributed by atoms with Crippen molar-refractivity contribution in [2.75, 3.05) is 0 Å². The van der Waals surface area contributed by atoms with Gasteiger partial charge >= 0.3 is 6.18 Å². The maximum absolute atomic E-state index is 13.7. The molecule has 0 fully saturated rings. The average Bonchev–Trinajstić information content (AvgIpc) is 2.88. The number of carbonyl (C=O) groups excluding carboxylic acids is 1. The molecule has 4 aromatic rings. The number of aryl methyl sites for hydroxylation is 3. The highest BCUT2D eigenvalue weighted by Gasteiger charge is 2.31. The van der Waals surface area contributed by atoms with Crippen LogP contribution in [0, 0.1) is 20.8 Å². The topological polar surface area (TPSA) is 41.5 Å². The van der Waals surface area contributed by atoms with Crippen LogP contribution in [0.5, 0.6) is 0 Å². The molecule has 4 rings (SSSR count). The summed E-state index contributed by atoms with van der Waals surface area (Å²) in [6.45, 7) is 5.08. The lowest BCUT2D eigenvalue weighted by atomic mass is 10.0. The van der Waals surface area contributed by atoms with Gasteiger partial charge in [0.2, 0.25) is 5.78 Å². The Morgan fingerprint density at radius 3 is 1.70 bits per heavy atom. The summed E-state index contributed by atoms with van der Waals surface area (Å²) in [5.74, 6) is -0.258. The number of carbonyl (C=O) groups is 1. The molecule has 0 aliphatic carbocycles. The van der Waals surface area contributed by atoms with E-state index in [2.05, 4.69) is 10.1 Å². The van der Waals surface area contributed by atoms with Gasteiger partial charge in [0.25, 0.3) is 0 Å². The quantitative estimate of drug-likeness (QED) is 0.127. The summed E-state index contributed by atoms with van der Waals surface area (Å²) < 4.78 is 40.1. The first-order chi connectivity index (χ1) is 17.6. The molecule has 0 amide bonds. The van der Waals surface area contributed by atoms with Crippen molar-refractivity contribution in [3.63, 3.8) is 0 Å². The van der Waals surface area contributed by atoms with Gasteiger partial charge in [-0.2, -0.15) is 13.2 Å². The highest BCUT2D eigenvalue weighted by atomic mass is 31.1. The molecule has 0 aromatic heterocycles. The fourth-order valence-corrected chi connectivity index (χ4v) is 5.77. The first-order valence-corrected chi connectivity index (χ1v) is 13.0. The molecule has 0 bridgehead atoms. The molecule has 0 radical (unpaired) electrons. The number of benzene rings is 4. The minimum atomic E-state index is -4.47.